The second-order valence-corrected chi connectivity index (χ2v) is 18.2. The number of benzene rings is 2. The predicted octanol–water partition coefficient (Wildman–Crippen LogP) is 7.90. The lowest BCUT2D eigenvalue weighted by molar-refractivity contribution is -0.122. The van der Waals surface area contributed by atoms with Crippen molar-refractivity contribution in [3.63, 3.8) is 0 Å². The Balaban J connectivity index is 1.37. The fraction of sp³-hybridized carbons (Fsp3) is 0.412. The number of hydrogen-bond acceptors (Lipinski definition) is 6. The normalized spacial score (nSPS) is 17.5. The van der Waals surface area contributed by atoms with E-state index in [1.54, 1.807) is 15.8 Å². The maximum atomic E-state index is 13.8. The molecule has 0 aliphatic carbocycles. The third-order valence-electron chi connectivity index (χ3n) is 8.78. The number of pyridine rings is 1. The Labute approximate surface area is 265 Å². The summed E-state index contributed by atoms with van der Waals surface area (Å²) in [4.78, 5) is 38.2. The lowest BCUT2D eigenvalue weighted by Crippen LogP contribution is -2.56. The molecular formula is C34H41ClN4O4Si. The van der Waals surface area contributed by atoms with Crippen molar-refractivity contribution < 1.29 is 18.8 Å². The molecule has 0 spiro atoms. The van der Waals surface area contributed by atoms with Crippen molar-refractivity contribution in [3.8, 4) is 11.3 Å². The van der Waals surface area contributed by atoms with E-state index in [4.69, 9.17) is 25.7 Å². The Morgan fingerprint density at radius 3 is 2.55 bits per heavy atom. The number of ketones is 1. The van der Waals surface area contributed by atoms with E-state index in [0.29, 0.717) is 22.7 Å². The van der Waals surface area contributed by atoms with Crippen LogP contribution in [0.5, 0.6) is 0 Å². The predicted molar refractivity (Wildman–Crippen MR) is 176 cm³/mol. The van der Waals surface area contributed by atoms with E-state index >= 15 is 0 Å². The molecule has 44 heavy (non-hydrogen) atoms. The van der Waals surface area contributed by atoms with Gasteiger partial charge in [0, 0.05) is 23.6 Å². The zero-order valence-electron chi connectivity index (χ0n) is 26.1. The van der Waals surface area contributed by atoms with Crippen LogP contribution >= 0.6 is 11.6 Å². The number of aromatic nitrogens is 3. The van der Waals surface area contributed by atoms with Crippen LogP contribution in [0.3, 0.4) is 0 Å². The topological polar surface area (TPSA) is 86.5 Å². The van der Waals surface area contributed by atoms with Gasteiger partial charge in [0.25, 0.3) is 0 Å². The zero-order valence-corrected chi connectivity index (χ0v) is 27.9. The van der Waals surface area contributed by atoms with Gasteiger partial charge < -0.3 is 18.6 Å². The van der Waals surface area contributed by atoms with Crippen LogP contribution < -0.4 is 0 Å². The maximum absolute atomic E-state index is 13.8. The quantitative estimate of drug-likeness (QED) is 0.174. The smallest absolute Gasteiger partial charge is 0.410 e. The molecule has 1 fully saturated rings. The zero-order chi connectivity index (χ0) is 31.5. The molecule has 0 radical (unpaired) electrons. The monoisotopic (exact) mass is 632 g/mol. The van der Waals surface area contributed by atoms with E-state index in [2.05, 4.69) is 38.8 Å². The molecule has 2 aromatic carbocycles. The van der Waals surface area contributed by atoms with Crippen LogP contribution in [0.15, 0.2) is 73.1 Å². The largest absolute Gasteiger partial charge is 0.445 e. The number of rotatable bonds is 9. The van der Waals surface area contributed by atoms with Gasteiger partial charge >= 0.3 is 6.09 Å². The number of imidazole rings is 1. The second kappa shape index (κ2) is 13.2. The van der Waals surface area contributed by atoms with Crippen molar-refractivity contribution in [1.82, 2.24) is 19.4 Å². The number of hydrogen-bond donors (Lipinski definition) is 0. The fourth-order valence-corrected chi connectivity index (χ4v) is 6.91. The average Bonchev–Trinajstić information content (AvgIpc) is 3.38. The number of halogens is 1. The summed E-state index contributed by atoms with van der Waals surface area (Å²) in [5, 5.41) is 0.613. The molecule has 232 valence electrons. The number of piperidine rings is 1. The number of fused-ring (bicyclic) bond motifs is 1. The highest BCUT2D eigenvalue weighted by Gasteiger charge is 2.44. The summed E-state index contributed by atoms with van der Waals surface area (Å²) in [6, 6.07) is 20.5. The van der Waals surface area contributed by atoms with Gasteiger partial charge in [0.15, 0.2) is 19.7 Å². The Morgan fingerprint density at radius 2 is 1.82 bits per heavy atom. The molecule has 1 aliphatic rings. The number of carbonyl (C=O) groups is 2. The van der Waals surface area contributed by atoms with E-state index in [1.807, 2.05) is 66.7 Å². The number of carbonyl (C=O) groups excluding carboxylic acids is 2. The van der Waals surface area contributed by atoms with Gasteiger partial charge in [-0.05, 0) is 60.8 Å². The molecule has 10 heteroatoms. The minimum Gasteiger partial charge on any atom is -0.445 e. The van der Waals surface area contributed by atoms with Crippen molar-refractivity contribution in [3.05, 3.63) is 83.6 Å². The SMILES string of the molecule is CC(C)(C)[Si](C)(C)O[C@H]1CCCN(C(=O)OCc2ccccc2)[C@@H]1CC(=O)Cn1cnc2ccc(-c3cccc(Cl)c3)nc21. The highest BCUT2D eigenvalue weighted by molar-refractivity contribution is 6.74. The number of Topliss-reactive ketones (excluding diaryl/α,β-unsaturated/α-hetero) is 1. The molecule has 0 bridgehead atoms. The van der Waals surface area contributed by atoms with Gasteiger partial charge in [-0.1, -0.05) is 74.8 Å². The molecule has 2 atom stereocenters. The van der Waals surface area contributed by atoms with Crippen LogP contribution in [0.2, 0.25) is 23.2 Å². The lowest BCUT2D eigenvalue weighted by atomic mass is 9.95. The Morgan fingerprint density at radius 1 is 1.05 bits per heavy atom. The minimum atomic E-state index is -2.19. The molecule has 8 nitrogen and oxygen atoms in total. The van der Waals surface area contributed by atoms with Crippen LogP contribution in [-0.4, -0.2) is 58.3 Å². The average molecular weight is 633 g/mol. The first kappa shape index (κ1) is 31.9. The molecule has 0 unspecified atom stereocenters. The van der Waals surface area contributed by atoms with Gasteiger partial charge in [-0.25, -0.2) is 14.8 Å². The maximum Gasteiger partial charge on any atom is 0.410 e. The van der Waals surface area contributed by atoms with Gasteiger partial charge in [0.2, 0.25) is 0 Å². The number of amides is 1. The van der Waals surface area contributed by atoms with Crippen LogP contribution in [-0.2, 0) is 27.1 Å². The van der Waals surface area contributed by atoms with Gasteiger partial charge in [0.1, 0.15) is 12.1 Å². The first-order valence-corrected chi connectivity index (χ1v) is 18.4. The van der Waals surface area contributed by atoms with Crippen molar-refractivity contribution in [2.24, 2.45) is 0 Å². The molecule has 1 amide bonds. The van der Waals surface area contributed by atoms with E-state index in [9.17, 15) is 9.59 Å². The van der Waals surface area contributed by atoms with Crippen molar-refractivity contribution in [2.45, 2.75) is 83.5 Å². The van der Waals surface area contributed by atoms with Gasteiger partial charge in [-0.2, -0.15) is 0 Å². The summed E-state index contributed by atoms with van der Waals surface area (Å²) in [5.74, 6) is -0.0316. The summed E-state index contributed by atoms with van der Waals surface area (Å²) in [7, 11) is -2.19. The van der Waals surface area contributed by atoms with E-state index in [1.165, 1.54) is 0 Å². The van der Waals surface area contributed by atoms with E-state index in [-0.39, 0.29) is 36.5 Å². The van der Waals surface area contributed by atoms with Crippen LogP contribution in [0, 0.1) is 0 Å². The van der Waals surface area contributed by atoms with Gasteiger partial charge in [-0.15, -0.1) is 0 Å². The second-order valence-electron chi connectivity index (χ2n) is 13.0. The first-order chi connectivity index (χ1) is 20.9. The molecule has 1 saturated heterocycles. The van der Waals surface area contributed by atoms with Gasteiger partial charge in [0.05, 0.1) is 30.7 Å². The molecule has 4 aromatic rings. The molecule has 0 saturated carbocycles. The number of nitrogens with zero attached hydrogens (tertiary/aromatic N) is 4. The molecule has 0 N–H and O–H groups in total. The summed E-state index contributed by atoms with van der Waals surface area (Å²) < 4.78 is 14.4. The summed E-state index contributed by atoms with van der Waals surface area (Å²) in [6.45, 7) is 11.8. The third-order valence-corrected chi connectivity index (χ3v) is 13.5. The van der Waals surface area contributed by atoms with Crippen molar-refractivity contribution in [1.29, 1.82) is 0 Å². The van der Waals surface area contributed by atoms with Gasteiger partial charge in [-0.3, -0.25) is 4.79 Å². The highest BCUT2D eigenvalue weighted by Crippen LogP contribution is 2.39. The van der Waals surface area contributed by atoms with Crippen molar-refractivity contribution >= 4 is 43.0 Å². The molecule has 5 rings (SSSR count). The molecular weight excluding hydrogens is 592 g/mol. The number of ether oxygens (including phenoxy) is 1. The van der Waals surface area contributed by atoms with Crippen LogP contribution in [0.25, 0.3) is 22.4 Å². The summed E-state index contributed by atoms with van der Waals surface area (Å²) in [6.07, 6.45) is 2.68. The lowest BCUT2D eigenvalue weighted by Gasteiger charge is -2.46. The summed E-state index contributed by atoms with van der Waals surface area (Å²) >= 11 is 6.21. The highest BCUT2D eigenvalue weighted by atomic mass is 35.5. The minimum absolute atomic E-state index is 0.0141. The Kier molecular flexibility index (Phi) is 9.58. The Hall–Kier alpha value is -3.53. The number of likely N-dealkylation sites (tertiary alicyclic amines) is 1. The molecule has 3 heterocycles. The summed E-state index contributed by atoms with van der Waals surface area (Å²) in [5.41, 5.74) is 3.86. The van der Waals surface area contributed by atoms with Crippen molar-refractivity contribution in [2.75, 3.05) is 6.54 Å². The van der Waals surface area contributed by atoms with E-state index < -0.39 is 20.5 Å². The van der Waals surface area contributed by atoms with E-state index in [0.717, 1.165) is 29.7 Å². The fourth-order valence-electron chi connectivity index (χ4n) is 5.34. The first-order valence-electron chi connectivity index (χ1n) is 15.2. The Bertz CT molecular complexity index is 1620. The molecule has 2 aromatic heterocycles. The molecule has 1 aliphatic heterocycles. The van der Waals surface area contributed by atoms with Crippen LogP contribution in [0.1, 0.15) is 45.6 Å². The van der Waals surface area contributed by atoms with Crippen LogP contribution in [0.4, 0.5) is 4.79 Å². The standard InChI is InChI=1S/C34H41ClN4O4Si/c1-34(2,3)44(4,5)43-31-15-10-18-39(33(41)42-22-24-11-7-6-8-12-24)30(31)20-27(40)21-38-23-36-29-17-16-28(37-32(29)38)25-13-9-14-26(35)19-25/h6-9,11-14,16-17,19,23,30-31H,10,15,18,20-22H2,1-5H3/t30-,31+/m1/s1. The third kappa shape index (κ3) is 7.39.